The molecule has 0 aliphatic heterocycles. The fourth-order valence-electron chi connectivity index (χ4n) is 0.825. The van der Waals surface area contributed by atoms with Crippen LogP contribution in [0, 0.1) is 0 Å². The molecule has 0 spiro atoms. The first kappa shape index (κ1) is 11.3. The van der Waals surface area contributed by atoms with Crippen LogP contribution in [0.15, 0.2) is 16.7 Å². The summed E-state index contributed by atoms with van der Waals surface area (Å²) in [7, 11) is 0. The Labute approximate surface area is 95.2 Å². The van der Waals surface area contributed by atoms with Gasteiger partial charge in [0.2, 0.25) is 0 Å². The molecule has 1 rings (SSSR count). The SMILES string of the molecule is CCNC(=O)Nc1cnc(Cl)c(Br)c1. The van der Waals surface area contributed by atoms with Gasteiger partial charge in [-0.25, -0.2) is 9.78 Å². The monoisotopic (exact) mass is 277 g/mol. The summed E-state index contributed by atoms with van der Waals surface area (Å²) in [5.41, 5.74) is 0.590. The first-order valence-electron chi connectivity index (χ1n) is 3.99. The van der Waals surface area contributed by atoms with Crippen molar-refractivity contribution in [3.8, 4) is 0 Å². The summed E-state index contributed by atoms with van der Waals surface area (Å²) >= 11 is 8.90. The number of nitrogens with one attached hydrogen (secondary N) is 2. The Kier molecular flexibility index (Phi) is 4.16. The largest absolute Gasteiger partial charge is 0.338 e. The van der Waals surface area contributed by atoms with E-state index in [-0.39, 0.29) is 6.03 Å². The van der Waals surface area contributed by atoms with E-state index < -0.39 is 0 Å². The van der Waals surface area contributed by atoms with Crippen LogP contribution >= 0.6 is 27.5 Å². The summed E-state index contributed by atoms with van der Waals surface area (Å²) in [5.74, 6) is 0. The Hall–Kier alpha value is -0.810. The van der Waals surface area contributed by atoms with Gasteiger partial charge in [-0.15, -0.1) is 0 Å². The second kappa shape index (κ2) is 5.17. The molecule has 6 heteroatoms. The van der Waals surface area contributed by atoms with Crippen molar-refractivity contribution in [1.29, 1.82) is 0 Å². The van der Waals surface area contributed by atoms with Crippen LogP contribution < -0.4 is 10.6 Å². The Morgan fingerprint density at radius 3 is 3.00 bits per heavy atom. The predicted molar refractivity (Wildman–Crippen MR) is 59.6 cm³/mol. The van der Waals surface area contributed by atoms with E-state index in [0.717, 1.165) is 0 Å². The summed E-state index contributed by atoms with van der Waals surface area (Å²) in [6.07, 6.45) is 1.49. The van der Waals surface area contributed by atoms with Gasteiger partial charge in [0.15, 0.2) is 0 Å². The number of nitrogens with zero attached hydrogens (tertiary/aromatic N) is 1. The molecular formula is C8H9BrClN3O. The number of anilines is 1. The molecule has 1 aromatic rings. The lowest BCUT2D eigenvalue weighted by Crippen LogP contribution is -2.28. The third kappa shape index (κ3) is 3.16. The zero-order valence-corrected chi connectivity index (χ0v) is 9.82. The standard InChI is InChI=1S/C8H9BrClN3O/c1-2-11-8(14)13-5-3-6(9)7(10)12-4-5/h3-4H,2H2,1H3,(H2,11,13,14). The number of carbonyl (C=O) groups excluding carboxylic acids is 1. The summed E-state index contributed by atoms with van der Waals surface area (Å²) in [4.78, 5) is 15.0. The van der Waals surface area contributed by atoms with Crippen molar-refractivity contribution < 1.29 is 4.79 Å². The number of amides is 2. The van der Waals surface area contributed by atoms with Crippen LogP contribution in [-0.2, 0) is 0 Å². The summed E-state index contributed by atoms with van der Waals surface area (Å²) < 4.78 is 0.647. The smallest absolute Gasteiger partial charge is 0.319 e. The summed E-state index contributed by atoms with van der Waals surface area (Å²) in [6.45, 7) is 2.42. The maximum absolute atomic E-state index is 11.1. The molecule has 2 N–H and O–H groups in total. The van der Waals surface area contributed by atoms with Gasteiger partial charge in [0, 0.05) is 6.54 Å². The third-order valence-electron chi connectivity index (χ3n) is 1.39. The Morgan fingerprint density at radius 1 is 1.71 bits per heavy atom. The minimum Gasteiger partial charge on any atom is -0.338 e. The van der Waals surface area contributed by atoms with Gasteiger partial charge in [-0.1, -0.05) is 11.6 Å². The van der Waals surface area contributed by atoms with Crippen LogP contribution in [0.4, 0.5) is 10.5 Å². The average molecular weight is 279 g/mol. The van der Waals surface area contributed by atoms with Crippen LogP contribution in [0.5, 0.6) is 0 Å². The van der Waals surface area contributed by atoms with Gasteiger partial charge in [0.05, 0.1) is 16.4 Å². The predicted octanol–water partition coefficient (Wildman–Crippen LogP) is 2.64. The molecule has 0 atom stereocenters. The topological polar surface area (TPSA) is 54.0 Å². The van der Waals surface area contributed by atoms with E-state index in [9.17, 15) is 4.79 Å². The minimum absolute atomic E-state index is 0.261. The fourth-order valence-corrected chi connectivity index (χ4v) is 1.28. The molecule has 0 bridgehead atoms. The second-order valence-corrected chi connectivity index (χ2v) is 3.69. The molecule has 76 valence electrons. The van der Waals surface area contributed by atoms with Crippen molar-refractivity contribution in [2.24, 2.45) is 0 Å². The first-order valence-corrected chi connectivity index (χ1v) is 5.16. The minimum atomic E-state index is -0.261. The highest BCUT2D eigenvalue weighted by Gasteiger charge is 2.03. The molecule has 0 saturated heterocycles. The molecule has 0 saturated carbocycles. The molecule has 0 aliphatic carbocycles. The second-order valence-electron chi connectivity index (χ2n) is 2.48. The van der Waals surface area contributed by atoms with E-state index in [2.05, 4.69) is 31.5 Å². The molecule has 4 nitrogen and oxygen atoms in total. The van der Waals surface area contributed by atoms with Crippen molar-refractivity contribution in [3.05, 3.63) is 21.9 Å². The van der Waals surface area contributed by atoms with Crippen LogP contribution in [0.1, 0.15) is 6.92 Å². The molecule has 0 fully saturated rings. The highest BCUT2D eigenvalue weighted by atomic mass is 79.9. The number of urea groups is 1. The van der Waals surface area contributed by atoms with E-state index in [4.69, 9.17) is 11.6 Å². The third-order valence-corrected chi connectivity index (χ3v) is 2.53. The molecule has 0 aliphatic rings. The van der Waals surface area contributed by atoms with E-state index in [1.165, 1.54) is 6.20 Å². The normalized spacial score (nSPS) is 9.64. The molecule has 1 heterocycles. The molecule has 0 unspecified atom stereocenters. The lowest BCUT2D eigenvalue weighted by molar-refractivity contribution is 0.252. The van der Waals surface area contributed by atoms with Crippen LogP contribution in [0.2, 0.25) is 5.15 Å². The number of rotatable bonds is 2. The van der Waals surface area contributed by atoms with Gasteiger partial charge in [-0.3, -0.25) is 0 Å². The van der Waals surface area contributed by atoms with E-state index >= 15 is 0 Å². The average Bonchev–Trinajstić information content (AvgIpc) is 2.12. The number of halogens is 2. The van der Waals surface area contributed by atoms with Crippen LogP contribution in [-0.4, -0.2) is 17.6 Å². The highest BCUT2D eigenvalue weighted by Crippen LogP contribution is 2.22. The van der Waals surface area contributed by atoms with Gasteiger partial charge in [0.25, 0.3) is 0 Å². The van der Waals surface area contributed by atoms with Gasteiger partial charge >= 0.3 is 6.03 Å². The Bertz CT molecular complexity index is 345. The van der Waals surface area contributed by atoms with Crippen molar-refractivity contribution >= 4 is 39.2 Å². The number of pyridine rings is 1. The quantitative estimate of drug-likeness (QED) is 0.817. The van der Waals surface area contributed by atoms with Crippen molar-refractivity contribution in [1.82, 2.24) is 10.3 Å². The molecule has 1 aromatic heterocycles. The van der Waals surface area contributed by atoms with Crippen LogP contribution in [0.25, 0.3) is 0 Å². The Balaban J connectivity index is 2.68. The van der Waals surface area contributed by atoms with Gasteiger partial charge < -0.3 is 10.6 Å². The van der Waals surface area contributed by atoms with E-state index in [1.54, 1.807) is 6.07 Å². The zero-order valence-electron chi connectivity index (χ0n) is 7.47. The highest BCUT2D eigenvalue weighted by molar-refractivity contribution is 9.10. The fraction of sp³-hybridized carbons (Fsp3) is 0.250. The van der Waals surface area contributed by atoms with Gasteiger partial charge in [0.1, 0.15) is 5.15 Å². The van der Waals surface area contributed by atoms with E-state index in [0.29, 0.717) is 21.9 Å². The molecule has 0 radical (unpaired) electrons. The molecular weight excluding hydrogens is 269 g/mol. The van der Waals surface area contributed by atoms with E-state index in [1.807, 2.05) is 6.92 Å². The Morgan fingerprint density at radius 2 is 2.43 bits per heavy atom. The van der Waals surface area contributed by atoms with Gasteiger partial charge in [-0.05, 0) is 28.9 Å². The first-order chi connectivity index (χ1) is 6.63. The molecule has 2 amide bonds. The van der Waals surface area contributed by atoms with Crippen molar-refractivity contribution in [2.75, 3.05) is 11.9 Å². The number of hydrogen-bond acceptors (Lipinski definition) is 2. The number of hydrogen-bond donors (Lipinski definition) is 2. The van der Waals surface area contributed by atoms with Crippen molar-refractivity contribution in [2.45, 2.75) is 6.92 Å². The lowest BCUT2D eigenvalue weighted by atomic mass is 10.4. The number of carbonyl (C=O) groups is 1. The molecule has 14 heavy (non-hydrogen) atoms. The molecule has 0 aromatic carbocycles. The van der Waals surface area contributed by atoms with Crippen LogP contribution in [0.3, 0.4) is 0 Å². The summed E-state index contributed by atoms with van der Waals surface area (Å²) in [5, 5.41) is 5.58. The zero-order chi connectivity index (χ0) is 10.6. The lowest BCUT2D eigenvalue weighted by Gasteiger charge is -2.05. The van der Waals surface area contributed by atoms with Crippen molar-refractivity contribution in [3.63, 3.8) is 0 Å². The van der Waals surface area contributed by atoms with Gasteiger partial charge in [-0.2, -0.15) is 0 Å². The maximum atomic E-state index is 11.1. The maximum Gasteiger partial charge on any atom is 0.319 e. The summed E-state index contributed by atoms with van der Waals surface area (Å²) in [6, 6.07) is 1.42. The number of aromatic nitrogens is 1.